The Kier molecular flexibility index (Phi) is 2.15. The zero-order valence-electron chi connectivity index (χ0n) is 12.1. The van der Waals surface area contributed by atoms with Gasteiger partial charge in [0.1, 0.15) is 0 Å². The number of hydrogen-bond donors (Lipinski definition) is 0. The molecule has 0 aliphatic heterocycles. The fourth-order valence-corrected chi connectivity index (χ4v) is 3.43. The third-order valence-electron chi connectivity index (χ3n) is 4.42. The van der Waals surface area contributed by atoms with E-state index in [4.69, 9.17) is 0 Å². The van der Waals surface area contributed by atoms with Gasteiger partial charge in [-0.05, 0) is 35.7 Å². The highest BCUT2D eigenvalue weighted by atomic mass is 14.9. The Morgan fingerprint density at radius 3 is 2.64 bits per heavy atom. The lowest BCUT2D eigenvalue weighted by atomic mass is 9.99. The maximum atomic E-state index is 4.62. The second-order valence-electron chi connectivity index (χ2n) is 5.68. The summed E-state index contributed by atoms with van der Waals surface area (Å²) in [7, 11) is 2.08. The average Bonchev–Trinajstić information content (AvgIpc) is 2.96. The van der Waals surface area contributed by atoms with Crippen molar-refractivity contribution < 1.29 is 0 Å². The number of pyridine rings is 2. The highest BCUT2D eigenvalue weighted by Crippen LogP contribution is 2.35. The normalized spacial score (nSPS) is 11.9. The lowest BCUT2D eigenvalue weighted by Gasteiger charge is -2.09. The molecular weight excluding hydrogens is 270 g/mol. The van der Waals surface area contributed by atoms with Crippen LogP contribution in [0.3, 0.4) is 0 Å². The molecule has 5 aromatic rings. The molecule has 0 radical (unpaired) electrons. The van der Waals surface area contributed by atoms with Crippen molar-refractivity contribution in [2.75, 3.05) is 0 Å². The van der Waals surface area contributed by atoms with E-state index in [0.717, 1.165) is 16.4 Å². The first-order valence-electron chi connectivity index (χ1n) is 7.33. The van der Waals surface area contributed by atoms with Crippen LogP contribution >= 0.6 is 0 Å². The average molecular weight is 283 g/mol. The molecule has 3 heteroatoms. The molecule has 0 amide bonds. The molecule has 0 aliphatic carbocycles. The molecule has 0 saturated carbocycles. The molecule has 0 saturated heterocycles. The molecule has 5 rings (SSSR count). The van der Waals surface area contributed by atoms with Crippen LogP contribution < -0.4 is 0 Å². The van der Waals surface area contributed by atoms with Gasteiger partial charge in [-0.3, -0.25) is 9.97 Å². The number of aryl methyl sites for hydroxylation is 1. The van der Waals surface area contributed by atoms with Crippen molar-refractivity contribution in [3.8, 4) is 0 Å². The van der Waals surface area contributed by atoms with Gasteiger partial charge in [0, 0.05) is 47.2 Å². The molecule has 2 aromatic carbocycles. The molecule has 0 atom stereocenters. The summed E-state index contributed by atoms with van der Waals surface area (Å²) in [6, 6.07) is 14.8. The van der Waals surface area contributed by atoms with Gasteiger partial charge in [-0.15, -0.1) is 0 Å². The van der Waals surface area contributed by atoms with Gasteiger partial charge < -0.3 is 4.57 Å². The van der Waals surface area contributed by atoms with Crippen molar-refractivity contribution in [3.63, 3.8) is 0 Å². The number of fused-ring (bicyclic) bond motifs is 7. The minimum Gasteiger partial charge on any atom is -0.350 e. The molecule has 0 spiro atoms. The Hall–Kier alpha value is -2.94. The molecule has 3 nitrogen and oxygen atoms in total. The second kappa shape index (κ2) is 4.04. The summed E-state index contributed by atoms with van der Waals surface area (Å²) >= 11 is 0. The molecule has 22 heavy (non-hydrogen) atoms. The Labute approximate surface area is 126 Å². The first-order chi connectivity index (χ1) is 10.8. The SMILES string of the molecule is Cn1ccc2c3ncccc3c3cc4cccnc4cc3c21. The van der Waals surface area contributed by atoms with Crippen LogP contribution in [0.15, 0.2) is 61.1 Å². The predicted molar refractivity (Wildman–Crippen MR) is 91.0 cm³/mol. The van der Waals surface area contributed by atoms with Gasteiger partial charge in [0.25, 0.3) is 0 Å². The van der Waals surface area contributed by atoms with Crippen molar-refractivity contribution in [1.82, 2.24) is 14.5 Å². The van der Waals surface area contributed by atoms with E-state index in [2.05, 4.69) is 58.1 Å². The van der Waals surface area contributed by atoms with Crippen molar-refractivity contribution in [2.24, 2.45) is 7.05 Å². The highest BCUT2D eigenvalue weighted by molar-refractivity contribution is 6.25. The van der Waals surface area contributed by atoms with Crippen molar-refractivity contribution >= 4 is 43.5 Å². The molecule has 0 aliphatic rings. The summed E-state index contributed by atoms with van der Waals surface area (Å²) in [4.78, 5) is 9.13. The molecule has 0 N–H and O–H groups in total. The zero-order valence-corrected chi connectivity index (χ0v) is 12.1. The molecule has 0 bridgehead atoms. The first kappa shape index (κ1) is 11.7. The Bertz CT molecular complexity index is 1190. The smallest absolute Gasteiger partial charge is 0.0802 e. The number of benzene rings is 2. The molecule has 3 aromatic heterocycles. The topological polar surface area (TPSA) is 30.7 Å². The van der Waals surface area contributed by atoms with E-state index in [-0.39, 0.29) is 0 Å². The summed E-state index contributed by atoms with van der Waals surface area (Å²) in [6.07, 6.45) is 5.81. The van der Waals surface area contributed by atoms with Gasteiger partial charge in [-0.1, -0.05) is 12.1 Å². The minimum absolute atomic E-state index is 1.03. The van der Waals surface area contributed by atoms with Crippen LogP contribution in [0.25, 0.3) is 43.5 Å². The maximum absolute atomic E-state index is 4.62. The summed E-state index contributed by atoms with van der Waals surface area (Å²) in [5, 5.41) is 6.02. The van der Waals surface area contributed by atoms with Crippen LogP contribution in [-0.4, -0.2) is 14.5 Å². The van der Waals surface area contributed by atoms with Crippen LogP contribution in [0.2, 0.25) is 0 Å². The third kappa shape index (κ3) is 1.40. The van der Waals surface area contributed by atoms with Crippen molar-refractivity contribution in [3.05, 3.63) is 61.1 Å². The maximum Gasteiger partial charge on any atom is 0.0802 e. The molecule has 0 unspecified atom stereocenters. The summed E-state index contributed by atoms with van der Waals surface area (Å²) < 4.78 is 2.17. The predicted octanol–water partition coefficient (Wildman–Crippen LogP) is 4.43. The largest absolute Gasteiger partial charge is 0.350 e. The van der Waals surface area contributed by atoms with E-state index < -0.39 is 0 Å². The minimum atomic E-state index is 1.03. The zero-order chi connectivity index (χ0) is 14.7. The Morgan fingerprint density at radius 1 is 0.818 bits per heavy atom. The van der Waals surface area contributed by atoms with Gasteiger partial charge in [0.05, 0.1) is 16.6 Å². The second-order valence-corrected chi connectivity index (χ2v) is 5.68. The first-order valence-corrected chi connectivity index (χ1v) is 7.33. The van der Waals surface area contributed by atoms with E-state index in [1.807, 2.05) is 24.5 Å². The summed E-state index contributed by atoms with van der Waals surface area (Å²) in [5.41, 5.74) is 3.31. The van der Waals surface area contributed by atoms with Gasteiger partial charge in [-0.2, -0.15) is 0 Å². The Balaban J connectivity index is 2.19. The van der Waals surface area contributed by atoms with Gasteiger partial charge in [-0.25, -0.2) is 0 Å². The van der Waals surface area contributed by atoms with Crippen LogP contribution in [0, 0.1) is 0 Å². The molecule has 0 fully saturated rings. The van der Waals surface area contributed by atoms with Crippen LogP contribution in [0.1, 0.15) is 0 Å². The van der Waals surface area contributed by atoms with Crippen LogP contribution in [0.5, 0.6) is 0 Å². The fraction of sp³-hybridized carbons (Fsp3) is 0.0526. The quantitative estimate of drug-likeness (QED) is 0.311. The lowest BCUT2D eigenvalue weighted by molar-refractivity contribution is 0.973. The van der Waals surface area contributed by atoms with E-state index in [1.165, 1.54) is 27.1 Å². The molecular formula is C19H13N3. The number of rotatable bonds is 0. The highest BCUT2D eigenvalue weighted by Gasteiger charge is 2.12. The number of hydrogen-bond acceptors (Lipinski definition) is 2. The van der Waals surface area contributed by atoms with Gasteiger partial charge >= 0.3 is 0 Å². The van der Waals surface area contributed by atoms with Crippen LogP contribution in [-0.2, 0) is 7.05 Å². The van der Waals surface area contributed by atoms with Crippen molar-refractivity contribution in [2.45, 2.75) is 0 Å². The monoisotopic (exact) mass is 283 g/mol. The van der Waals surface area contributed by atoms with E-state index in [1.54, 1.807) is 0 Å². The molecule has 104 valence electrons. The number of aromatic nitrogens is 3. The van der Waals surface area contributed by atoms with Gasteiger partial charge in [0.2, 0.25) is 0 Å². The van der Waals surface area contributed by atoms with E-state index in [9.17, 15) is 0 Å². The van der Waals surface area contributed by atoms with E-state index in [0.29, 0.717) is 0 Å². The van der Waals surface area contributed by atoms with E-state index >= 15 is 0 Å². The van der Waals surface area contributed by atoms with Gasteiger partial charge in [0.15, 0.2) is 0 Å². The molecule has 3 heterocycles. The van der Waals surface area contributed by atoms with Crippen LogP contribution in [0.4, 0.5) is 0 Å². The fourth-order valence-electron chi connectivity index (χ4n) is 3.43. The third-order valence-corrected chi connectivity index (χ3v) is 4.42. The summed E-state index contributed by atoms with van der Waals surface area (Å²) in [6.45, 7) is 0. The number of nitrogens with zero attached hydrogens (tertiary/aromatic N) is 3. The summed E-state index contributed by atoms with van der Waals surface area (Å²) in [5.74, 6) is 0. The lowest BCUT2D eigenvalue weighted by Crippen LogP contribution is -1.90. The van der Waals surface area contributed by atoms with Crippen molar-refractivity contribution in [1.29, 1.82) is 0 Å². The Morgan fingerprint density at radius 2 is 1.68 bits per heavy atom. The standard InChI is InChI=1S/C19H13N3/c1-22-9-6-14-18-13(5-3-8-21-18)15-10-12-4-2-7-20-17(12)11-16(15)19(14)22/h2-11H,1H3.